The Labute approximate surface area is 132 Å². The molecule has 22 heavy (non-hydrogen) atoms. The van der Waals surface area contributed by atoms with Crippen LogP contribution in [0.4, 0.5) is 5.69 Å². The molecule has 0 N–H and O–H groups in total. The first-order valence-electron chi connectivity index (χ1n) is 6.75. The van der Waals surface area contributed by atoms with Gasteiger partial charge in [-0.2, -0.15) is 0 Å². The van der Waals surface area contributed by atoms with Gasteiger partial charge in [0.15, 0.2) is 0 Å². The highest BCUT2D eigenvalue weighted by atomic mass is 32.2. The molecule has 0 amide bonds. The van der Waals surface area contributed by atoms with E-state index in [0.29, 0.717) is 6.54 Å². The number of hydrogen-bond donors (Lipinski definition) is 0. The number of benzene rings is 2. The summed E-state index contributed by atoms with van der Waals surface area (Å²) in [5, 5.41) is 0. The van der Waals surface area contributed by atoms with Gasteiger partial charge in [-0.15, -0.1) is 0 Å². The minimum Gasteiger partial charge on any atom is -0.370 e. The molecule has 0 unspecified atom stereocenters. The molecule has 2 rings (SSSR count). The third-order valence-corrected chi connectivity index (χ3v) is 5.07. The Morgan fingerprint density at radius 3 is 2.14 bits per heavy atom. The van der Waals surface area contributed by atoms with Crippen LogP contribution in [-0.4, -0.2) is 26.8 Å². The van der Waals surface area contributed by atoms with E-state index in [9.17, 15) is 8.42 Å². The van der Waals surface area contributed by atoms with Gasteiger partial charge in [0.1, 0.15) is 0 Å². The summed E-state index contributed by atoms with van der Waals surface area (Å²) in [5.74, 6) is 0. The van der Waals surface area contributed by atoms with Crippen molar-refractivity contribution in [3.8, 4) is 12.5 Å². The standard InChI is InChI=1S/C17H18N2O2S/c1-4-19(3)22(20,21)17-12-10-15(11-13-17)14-18(2)16-8-6-5-7-9-16/h1,5-13H,14H2,2-3H3. The summed E-state index contributed by atoms with van der Waals surface area (Å²) in [5.41, 5.74) is 2.12. The second kappa shape index (κ2) is 6.54. The van der Waals surface area contributed by atoms with E-state index < -0.39 is 10.0 Å². The van der Waals surface area contributed by atoms with Crippen molar-refractivity contribution < 1.29 is 8.42 Å². The molecule has 2 aromatic carbocycles. The number of para-hydroxylation sites is 1. The summed E-state index contributed by atoms with van der Waals surface area (Å²) in [7, 11) is -0.257. The lowest BCUT2D eigenvalue weighted by molar-refractivity contribution is 0.547. The molecule has 2 aromatic rings. The first-order valence-corrected chi connectivity index (χ1v) is 8.19. The fraction of sp³-hybridized carbons (Fsp3) is 0.176. The van der Waals surface area contributed by atoms with Crippen molar-refractivity contribution in [1.29, 1.82) is 0 Å². The molecule has 0 aliphatic heterocycles. The van der Waals surface area contributed by atoms with Crippen LogP contribution in [0, 0.1) is 12.5 Å². The Morgan fingerprint density at radius 1 is 1.00 bits per heavy atom. The number of terminal acetylenes is 1. The molecular formula is C17H18N2O2S. The van der Waals surface area contributed by atoms with Gasteiger partial charge >= 0.3 is 0 Å². The molecular weight excluding hydrogens is 296 g/mol. The van der Waals surface area contributed by atoms with Gasteiger partial charge in [-0.3, -0.25) is 0 Å². The molecule has 0 spiro atoms. The Bertz CT molecular complexity index is 763. The van der Waals surface area contributed by atoms with Gasteiger partial charge in [0.25, 0.3) is 10.0 Å². The minimum atomic E-state index is -3.60. The second-order valence-electron chi connectivity index (χ2n) is 4.94. The summed E-state index contributed by atoms with van der Waals surface area (Å²) in [6.45, 7) is 0.690. The third-order valence-electron chi connectivity index (χ3n) is 3.38. The fourth-order valence-electron chi connectivity index (χ4n) is 2.04. The van der Waals surface area contributed by atoms with Crippen LogP contribution in [0.1, 0.15) is 5.56 Å². The van der Waals surface area contributed by atoms with Crippen molar-refractivity contribution in [1.82, 2.24) is 4.31 Å². The normalized spacial score (nSPS) is 10.8. The summed E-state index contributed by atoms with van der Waals surface area (Å²) in [4.78, 5) is 2.29. The van der Waals surface area contributed by atoms with Crippen LogP contribution >= 0.6 is 0 Å². The van der Waals surface area contributed by atoms with Crippen molar-refractivity contribution in [3.63, 3.8) is 0 Å². The Kier molecular flexibility index (Phi) is 4.74. The van der Waals surface area contributed by atoms with E-state index in [-0.39, 0.29) is 4.90 Å². The van der Waals surface area contributed by atoms with Gasteiger partial charge in [-0.25, -0.2) is 12.7 Å². The summed E-state index contributed by atoms with van der Waals surface area (Å²) >= 11 is 0. The maximum atomic E-state index is 12.1. The SMILES string of the molecule is C#CN(C)S(=O)(=O)c1ccc(CN(C)c2ccccc2)cc1. The quantitative estimate of drug-likeness (QED) is 0.629. The highest BCUT2D eigenvalue weighted by molar-refractivity contribution is 7.89. The van der Waals surface area contributed by atoms with E-state index in [1.54, 1.807) is 24.3 Å². The summed E-state index contributed by atoms with van der Waals surface area (Å²) < 4.78 is 25.1. The van der Waals surface area contributed by atoms with E-state index in [1.165, 1.54) is 7.05 Å². The van der Waals surface area contributed by atoms with Crippen molar-refractivity contribution in [2.45, 2.75) is 11.4 Å². The zero-order valence-corrected chi connectivity index (χ0v) is 13.4. The molecule has 114 valence electrons. The Morgan fingerprint density at radius 2 is 1.59 bits per heavy atom. The molecule has 0 bridgehead atoms. The van der Waals surface area contributed by atoms with Crippen LogP contribution in [0.5, 0.6) is 0 Å². The lowest BCUT2D eigenvalue weighted by Gasteiger charge is -2.19. The van der Waals surface area contributed by atoms with Crippen molar-refractivity contribution in [2.24, 2.45) is 0 Å². The molecule has 0 radical (unpaired) electrons. The van der Waals surface area contributed by atoms with E-state index >= 15 is 0 Å². The monoisotopic (exact) mass is 314 g/mol. The number of anilines is 1. The van der Waals surface area contributed by atoms with Crippen LogP contribution in [0.2, 0.25) is 0 Å². The molecule has 0 saturated carbocycles. The smallest absolute Gasteiger partial charge is 0.270 e. The van der Waals surface area contributed by atoms with Gasteiger partial charge < -0.3 is 4.90 Å². The molecule has 0 aliphatic carbocycles. The third kappa shape index (κ3) is 3.41. The van der Waals surface area contributed by atoms with E-state index in [0.717, 1.165) is 15.6 Å². The number of hydrogen-bond acceptors (Lipinski definition) is 3. The first-order chi connectivity index (χ1) is 10.4. The Hall–Kier alpha value is -2.45. The van der Waals surface area contributed by atoms with Gasteiger partial charge in [0.05, 0.1) is 4.90 Å². The number of rotatable bonds is 5. The molecule has 4 nitrogen and oxygen atoms in total. The molecule has 0 aromatic heterocycles. The van der Waals surface area contributed by atoms with Gasteiger partial charge in [-0.1, -0.05) is 36.8 Å². The molecule has 0 aliphatic rings. The lowest BCUT2D eigenvalue weighted by Crippen LogP contribution is -2.22. The number of nitrogens with zero attached hydrogens (tertiary/aromatic N) is 2. The topological polar surface area (TPSA) is 40.6 Å². The minimum absolute atomic E-state index is 0.194. The fourth-order valence-corrected chi connectivity index (χ4v) is 2.98. The van der Waals surface area contributed by atoms with Crippen LogP contribution in [-0.2, 0) is 16.6 Å². The van der Waals surface area contributed by atoms with Crippen molar-refractivity contribution in [3.05, 3.63) is 60.2 Å². The van der Waals surface area contributed by atoms with Crippen LogP contribution < -0.4 is 4.90 Å². The highest BCUT2D eigenvalue weighted by Crippen LogP contribution is 2.18. The zero-order chi connectivity index (χ0) is 16.2. The van der Waals surface area contributed by atoms with E-state index in [4.69, 9.17) is 6.42 Å². The summed E-state index contributed by atoms with van der Waals surface area (Å²) in [6.07, 6.45) is 5.15. The van der Waals surface area contributed by atoms with Gasteiger partial charge in [0.2, 0.25) is 0 Å². The molecule has 0 fully saturated rings. The van der Waals surface area contributed by atoms with Crippen molar-refractivity contribution in [2.75, 3.05) is 19.0 Å². The zero-order valence-electron chi connectivity index (χ0n) is 12.6. The number of sulfonamides is 1. The Balaban J connectivity index is 2.15. The molecule has 0 heterocycles. The van der Waals surface area contributed by atoms with Crippen LogP contribution in [0.3, 0.4) is 0 Å². The highest BCUT2D eigenvalue weighted by Gasteiger charge is 2.18. The van der Waals surface area contributed by atoms with Crippen LogP contribution in [0.15, 0.2) is 59.5 Å². The van der Waals surface area contributed by atoms with E-state index in [1.807, 2.05) is 37.4 Å². The maximum Gasteiger partial charge on any atom is 0.270 e. The maximum absolute atomic E-state index is 12.1. The molecule has 0 atom stereocenters. The van der Waals surface area contributed by atoms with Crippen LogP contribution in [0.25, 0.3) is 0 Å². The largest absolute Gasteiger partial charge is 0.370 e. The van der Waals surface area contributed by atoms with Gasteiger partial charge in [0, 0.05) is 32.4 Å². The molecule has 0 saturated heterocycles. The van der Waals surface area contributed by atoms with Crippen molar-refractivity contribution >= 4 is 15.7 Å². The lowest BCUT2D eigenvalue weighted by atomic mass is 10.2. The van der Waals surface area contributed by atoms with E-state index in [2.05, 4.69) is 10.9 Å². The molecule has 5 heteroatoms. The average molecular weight is 314 g/mol. The average Bonchev–Trinajstić information content (AvgIpc) is 2.55. The van der Waals surface area contributed by atoms with Gasteiger partial charge in [-0.05, 0) is 29.8 Å². The second-order valence-corrected chi connectivity index (χ2v) is 6.91. The summed E-state index contributed by atoms with van der Waals surface area (Å²) in [6, 6.07) is 18.9. The predicted molar refractivity (Wildman–Crippen MR) is 88.8 cm³/mol. The first kappa shape index (κ1) is 15.9. The predicted octanol–water partition coefficient (Wildman–Crippen LogP) is 2.53.